The molecular formula is C52H34N4. The van der Waals surface area contributed by atoms with Gasteiger partial charge in [-0.3, -0.25) is 0 Å². The second kappa shape index (κ2) is 11.4. The zero-order valence-electron chi connectivity index (χ0n) is 31.0. The van der Waals surface area contributed by atoms with Crippen molar-refractivity contribution in [2.45, 2.75) is 19.3 Å². The van der Waals surface area contributed by atoms with Crippen LogP contribution >= 0.6 is 0 Å². The highest BCUT2D eigenvalue weighted by Crippen LogP contribution is 2.58. The highest BCUT2D eigenvalue weighted by atomic mass is 15.0. The van der Waals surface area contributed by atoms with Gasteiger partial charge in [0.2, 0.25) is 0 Å². The summed E-state index contributed by atoms with van der Waals surface area (Å²) in [5.74, 6) is 1.96. The first-order valence-electron chi connectivity index (χ1n) is 19.3. The van der Waals surface area contributed by atoms with Crippen LogP contribution in [0, 0.1) is 0 Å². The molecule has 1 aliphatic carbocycles. The zero-order chi connectivity index (χ0) is 37.1. The van der Waals surface area contributed by atoms with Crippen LogP contribution in [-0.2, 0) is 5.41 Å². The van der Waals surface area contributed by atoms with Crippen molar-refractivity contribution >= 4 is 32.6 Å². The average molecular weight is 715 g/mol. The summed E-state index contributed by atoms with van der Waals surface area (Å²) in [4.78, 5) is 16.0. The summed E-state index contributed by atoms with van der Waals surface area (Å²) >= 11 is 0. The Balaban J connectivity index is 1.16. The summed E-state index contributed by atoms with van der Waals surface area (Å²) in [7, 11) is 0. The number of benzene rings is 8. The lowest BCUT2D eigenvalue weighted by Crippen LogP contribution is -2.15. The number of fused-ring (bicyclic) bond motifs is 7. The van der Waals surface area contributed by atoms with Crippen molar-refractivity contribution in [2.24, 2.45) is 0 Å². The predicted octanol–water partition coefficient (Wildman–Crippen LogP) is 13.1. The van der Waals surface area contributed by atoms with Gasteiger partial charge < -0.3 is 4.57 Å². The van der Waals surface area contributed by atoms with E-state index in [-0.39, 0.29) is 5.41 Å². The maximum Gasteiger partial charge on any atom is 0.164 e. The van der Waals surface area contributed by atoms with Gasteiger partial charge in [0.25, 0.3) is 0 Å². The monoisotopic (exact) mass is 714 g/mol. The Labute approximate surface area is 324 Å². The van der Waals surface area contributed by atoms with Crippen molar-refractivity contribution in [1.82, 2.24) is 19.5 Å². The molecule has 3 heterocycles. The highest BCUT2D eigenvalue weighted by Gasteiger charge is 2.41. The lowest BCUT2D eigenvalue weighted by atomic mass is 9.80. The second-order valence-corrected chi connectivity index (χ2v) is 15.6. The minimum atomic E-state index is -0.256. The van der Waals surface area contributed by atoms with Crippen molar-refractivity contribution in [1.29, 1.82) is 0 Å². The van der Waals surface area contributed by atoms with Crippen LogP contribution in [0.15, 0.2) is 170 Å². The van der Waals surface area contributed by atoms with E-state index in [4.69, 9.17) is 15.0 Å². The van der Waals surface area contributed by atoms with Crippen molar-refractivity contribution in [3.05, 3.63) is 181 Å². The number of hydrogen-bond acceptors (Lipinski definition) is 3. The SMILES string of the molecule is CC1(C)c2cc(-c3nc(-c4ccc5ccccc5c4)nc(-c4ccccc4-c4ccccc4)n3)cc3c2-c2c1ccc1c4ccccc4n(c21)-c1ccccc1-3. The molecule has 4 nitrogen and oxygen atoms in total. The summed E-state index contributed by atoms with van der Waals surface area (Å²) < 4.78 is 2.50. The van der Waals surface area contributed by atoms with Crippen LogP contribution in [0.5, 0.6) is 0 Å². The van der Waals surface area contributed by atoms with Crippen LogP contribution in [0.1, 0.15) is 25.0 Å². The third-order valence-corrected chi connectivity index (χ3v) is 12.2. The van der Waals surface area contributed by atoms with Crippen LogP contribution < -0.4 is 0 Å². The predicted molar refractivity (Wildman–Crippen MR) is 230 cm³/mol. The highest BCUT2D eigenvalue weighted by molar-refractivity contribution is 6.19. The molecule has 2 aliphatic rings. The lowest BCUT2D eigenvalue weighted by Gasteiger charge is -2.24. The number of rotatable bonds is 4. The van der Waals surface area contributed by atoms with Crippen molar-refractivity contribution < 1.29 is 0 Å². The molecule has 4 heteroatoms. The summed E-state index contributed by atoms with van der Waals surface area (Å²) in [6, 6.07) is 61.0. The standard InChI is InChI=1S/C52H34N4/c1-52(2)42-27-26-39-37-19-10-12-22-44(37)56-45-23-13-11-20-38(45)41-29-35(30-43(52)46(41)47(42)48(39)56)50-53-49(34-25-24-31-14-6-7-17-33(31)28-34)54-51(55-50)40-21-9-8-18-36(40)32-15-4-3-5-16-32/h3-30H,1-2H3. The third-order valence-electron chi connectivity index (χ3n) is 12.2. The summed E-state index contributed by atoms with van der Waals surface area (Å²) in [6.07, 6.45) is 0. The first-order chi connectivity index (χ1) is 27.5. The fourth-order valence-corrected chi connectivity index (χ4v) is 9.50. The van der Waals surface area contributed by atoms with E-state index in [0.717, 1.165) is 33.2 Å². The quantitative estimate of drug-likeness (QED) is 0.182. The van der Waals surface area contributed by atoms with Gasteiger partial charge in [0, 0.05) is 44.0 Å². The van der Waals surface area contributed by atoms with Gasteiger partial charge in [-0.05, 0) is 74.5 Å². The van der Waals surface area contributed by atoms with Gasteiger partial charge in [-0.1, -0.05) is 153 Å². The van der Waals surface area contributed by atoms with E-state index in [1.165, 1.54) is 66.3 Å². The fraction of sp³-hybridized carbons (Fsp3) is 0.0577. The van der Waals surface area contributed by atoms with Crippen LogP contribution in [0.4, 0.5) is 0 Å². The van der Waals surface area contributed by atoms with E-state index in [9.17, 15) is 0 Å². The molecule has 0 bridgehead atoms. The van der Waals surface area contributed by atoms with E-state index in [1.54, 1.807) is 0 Å². The Bertz CT molecular complexity index is 3280. The van der Waals surface area contributed by atoms with Crippen LogP contribution in [0.25, 0.3) is 106 Å². The molecule has 12 rings (SSSR count). The van der Waals surface area contributed by atoms with Crippen LogP contribution in [-0.4, -0.2) is 19.5 Å². The summed E-state index contributed by atoms with van der Waals surface area (Å²) in [5.41, 5.74) is 16.2. The summed E-state index contributed by atoms with van der Waals surface area (Å²) in [6.45, 7) is 4.74. The number of para-hydroxylation sites is 2. The molecule has 8 aromatic carbocycles. The smallest absolute Gasteiger partial charge is 0.164 e. The molecule has 2 aromatic heterocycles. The van der Waals surface area contributed by atoms with Crippen molar-refractivity contribution in [3.63, 3.8) is 0 Å². The maximum atomic E-state index is 5.38. The van der Waals surface area contributed by atoms with Gasteiger partial charge in [-0.2, -0.15) is 0 Å². The zero-order valence-corrected chi connectivity index (χ0v) is 31.0. The molecule has 0 atom stereocenters. The minimum Gasteiger partial charge on any atom is -0.308 e. The van der Waals surface area contributed by atoms with Gasteiger partial charge in [-0.25, -0.2) is 15.0 Å². The molecule has 0 amide bonds. The second-order valence-electron chi connectivity index (χ2n) is 15.6. The molecule has 0 N–H and O–H groups in total. The topological polar surface area (TPSA) is 43.6 Å². The molecule has 0 unspecified atom stereocenters. The lowest BCUT2D eigenvalue weighted by molar-refractivity contribution is 0.661. The fourth-order valence-electron chi connectivity index (χ4n) is 9.50. The Hall–Kier alpha value is -7.17. The average Bonchev–Trinajstić information content (AvgIpc) is 3.66. The molecule has 262 valence electrons. The molecule has 0 spiro atoms. The molecule has 1 aliphatic heterocycles. The van der Waals surface area contributed by atoms with E-state index >= 15 is 0 Å². The number of aromatic nitrogens is 4. The third kappa shape index (κ3) is 4.32. The summed E-state index contributed by atoms with van der Waals surface area (Å²) in [5, 5.41) is 4.90. The molecule has 10 aromatic rings. The van der Waals surface area contributed by atoms with Gasteiger partial charge in [0.15, 0.2) is 17.5 Å². The van der Waals surface area contributed by atoms with E-state index in [0.29, 0.717) is 17.5 Å². The molecule has 56 heavy (non-hydrogen) atoms. The molecule has 0 radical (unpaired) electrons. The molecule has 0 saturated heterocycles. The van der Waals surface area contributed by atoms with Crippen molar-refractivity contribution in [3.8, 4) is 73.2 Å². The number of hydrogen-bond donors (Lipinski definition) is 0. The number of nitrogens with zero attached hydrogens (tertiary/aromatic N) is 4. The largest absolute Gasteiger partial charge is 0.308 e. The van der Waals surface area contributed by atoms with E-state index in [1.807, 2.05) is 0 Å². The maximum absolute atomic E-state index is 5.38. The first-order valence-corrected chi connectivity index (χ1v) is 19.3. The van der Waals surface area contributed by atoms with Gasteiger partial charge in [0.1, 0.15) is 0 Å². The van der Waals surface area contributed by atoms with Crippen molar-refractivity contribution in [2.75, 3.05) is 0 Å². The van der Waals surface area contributed by atoms with Gasteiger partial charge in [0.05, 0.1) is 16.7 Å². The first kappa shape index (κ1) is 31.2. The molecule has 0 saturated carbocycles. The minimum absolute atomic E-state index is 0.256. The Morgan fingerprint density at radius 3 is 1.95 bits per heavy atom. The van der Waals surface area contributed by atoms with Gasteiger partial charge in [-0.15, -0.1) is 0 Å². The molecular weight excluding hydrogens is 681 g/mol. The van der Waals surface area contributed by atoms with Gasteiger partial charge >= 0.3 is 0 Å². The Morgan fingerprint density at radius 2 is 1.09 bits per heavy atom. The van der Waals surface area contributed by atoms with E-state index < -0.39 is 0 Å². The Kier molecular flexibility index (Phi) is 6.37. The normalized spacial score (nSPS) is 13.3. The van der Waals surface area contributed by atoms with Crippen LogP contribution in [0.3, 0.4) is 0 Å². The molecule has 0 fully saturated rings. The Morgan fingerprint density at radius 1 is 0.411 bits per heavy atom. The van der Waals surface area contributed by atoms with Crippen LogP contribution in [0.2, 0.25) is 0 Å². The van der Waals surface area contributed by atoms with E-state index in [2.05, 4.69) is 188 Å².